The minimum Gasteiger partial charge on any atom is -0.450 e. The van der Waals surface area contributed by atoms with Gasteiger partial charge in [-0.05, 0) is 75.9 Å². The molecular weight excluding hydrogens is 685 g/mol. The van der Waals surface area contributed by atoms with Gasteiger partial charge in [0.05, 0.1) is 28.7 Å². The lowest BCUT2D eigenvalue weighted by Gasteiger charge is -2.31. The Morgan fingerprint density at radius 2 is 1.70 bits per heavy atom. The fourth-order valence-corrected chi connectivity index (χ4v) is 8.21. The summed E-state index contributed by atoms with van der Waals surface area (Å²) in [5.74, 6) is 0.874. The molecule has 6 aromatic rings. The van der Waals surface area contributed by atoms with Crippen molar-refractivity contribution in [3.63, 3.8) is 0 Å². The van der Waals surface area contributed by atoms with Crippen LogP contribution in [0.5, 0.6) is 0 Å². The van der Waals surface area contributed by atoms with Crippen LogP contribution in [0.15, 0.2) is 59.4 Å². The molecule has 2 saturated heterocycles. The highest BCUT2D eigenvalue weighted by Crippen LogP contribution is 2.34. The van der Waals surface area contributed by atoms with Gasteiger partial charge in [0.15, 0.2) is 0 Å². The van der Waals surface area contributed by atoms with Crippen molar-refractivity contribution in [1.29, 1.82) is 0 Å². The maximum Gasteiger partial charge on any atom is 0.409 e. The molecule has 0 saturated carbocycles. The smallest absolute Gasteiger partial charge is 0.409 e. The standard InChI is InChI=1S/C41H46N8O5/c1-3-48-34-10-6-5-9-28(34)29-23-26(12-14-35(29)48)39-44-33-24-31-32(25-36(33)49(39)20-8-19-46-18-7-11-38(46)51)43-30(40(52)45-31)13-15-37(50)42-27-16-21-47(22-17-27)41(53)54-4-2/h5-6,9-10,12,14,23-25,27H,3-4,7-8,11,13,15-22H2,1-2H3,(H,42,50)(H,45,52). The van der Waals surface area contributed by atoms with E-state index in [0.29, 0.717) is 68.8 Å². The molecule has 0 radical (unpaired) electrons. The molecule has 3 aromatic carbocycles. The number of benzene rings is 3. The SMILES string of the molecule is CCOC(=O)N1CCC(NC(=O)CCc2nc3cc4c(cc3[nH]c2=O)nc(-c2ccc3c(c2)c2ccccc2n3CC)n4CCCN2CCCC2=O)CC1. The second-order valence-corrected chi connectivity index (χ2v) is 14.3. The molecule has 280 valence electrons. The summed E-state index contributed by atoms with van der Waals surface area (Å²) in [7, 11) is 0. The van der Waals surface area contributed by atoms with Gasteiger partial charge in [-0.2, -0.15) is 0 Å². The number of aryl methyl sites for hydroxylation is 3. The molecule has 5 heterocycles. The molecule has 3 aromatic heterocycles. The normalized spacial score (nSPS) is 15.3. The quantitative estimate of drug-likeness (QED) is 0.173. The molecular formula is C41H46N8O5. The van der Waals surface area contributed by atoms with Crippen LogP contribution in [-0.2, 0) is 33.8 Å². The van der Waals surface area contributed by atoms with Crippen LogP contribution in [0.4, 0.5) is 4.79 Å². The zero-order valence-corrected chi connectivity index (χ0v) is 30.9. The summed E-state index contributed by atoms with van der Waals surface area (Å²) in [6.07, 6.45) is 3.57. The minimum absolute atomic E-state index is 0.0385. The van der Waals surface area contributed by atoms with E-state index in [4.69, 9.17) is 14.7 Å². The monoisotopic (exact) mass is 730 g/mol. The molecule has 2 aliphatic rings. The number of para-hydroxylation sites is 1. The number of aromatic nitrogens is 5. The lowest BCUT2D eigenvalue weighted by Crippen LogP contribution is -2.46. The fraction of sp³-hybridized carbons (Fsp3) is 0.415. The van der Waals surface area contributed by atoms with Crippen molar-refractivity contribution in [2.45, 2.75) is 77.9 Å². The fourth-order valence-electron chi connectivity index (χ4n) is 8.21. The molecule has 2 N–H and O–H groups in total. The first-order valence-corrected chi connectivity index (χ1v) is 19.2. The molecule has 2 aliphatic heterocycles. The average molecular weight is 731 g/mol. The van der Waals surface area contributed by atoms with Gasteiger partial charge >= 0.3 is 6.09 Å². The number of aromatic amines is 1. The summed E-state index contributed by atoms with van der Waals surface area (Å²) in [6, 6.07) is 18.8. The third-order valence-corrected chi connectivity index (χ3v) is 10.9. The highest BCUT2D eigenvalue weighted by Gasteiger charge is 2.25. The van der Waals surface area contributed by atoms with Crippen LogP contribution in [0.1, 0.15) is 58.1 Å². The lowest BCUT2D eigenvalue weighted by molar-refractivity contribution is -0.127. The highest BCUT2D eigenvalue weighted by atomic mass is 16.6. The van der Waals surface area contributed by atoms with Crippen molar-refractivity contribution in [3.05, 3.63) is 70.6 Å². The Morgan fingerprint density at radius 1 is 0.889 bits per heavy atom. The first-order valence-electron chi connectivity index (χ1n) is 19.2. The summed E-state index contributed by atoms with van der Waals surface area (Å²) in [5, 5.41) is 5.42. The molecule has 0 aliphatic carbocycles. The Morgan fingerprint density at radius 3 is 2.48 bits per heavy atom. The Hall–Kier alpha value is -5.72. The van der Waals surface area contributed by atoms with Crippen LogP contribution in [-0.4, -0.2) is 90.6 Å². The Kier molecular flexibility index (Phi) is 9.78. The molecule has 0 spiro atoms. The molecule has 13 nitrogen and oxygen atoms in total. The lowest BCUT2D eigenvalue weighted by atomic mass is 10.0. The molecule has 2 fully saturated rings. The molecule has 0 unspecified atom stereocenters. The van der Waals surface area contributed by atoms with E-state index in [0.717, 1.165) is 53.7 Å². The van der Waals surface area contributed by atoms with E-state index >= 15 is 0 Å². The van der Waals surface area contributed by atoms with E-state index < -0.39 is 0 Å². The zero-order valence-electron chi connectivity index (χ0n) is 30.9. The zero-order chi connectivity index (χ0) is 37.3. The van der Waals surface area contributed by atoms with E-state index in [2.05, 4.69) is 68.8 Å². The van der Waals surface area contributed by atoms with Crippen molar-refractivity contribution in [3.8, 4) is 11.4 Å². The average Bonchev–Trinajstić information content (AvgIpc) is 3.85. The number of hydrogen-bond acceptors (Lipinski definition) is 7. The molecule has 3 amide bonds. The topological polar surface area (TPSA) is 147 Å². The van der Waals surface area contributed by atoms with Gasteiger partial charge < -0.3 is 34.0 Å². The van der Waals surface area contributed by atoms with E-state index in [9.17, 15) is 19.2 Å². The second kappa shape index (κ2) is 15.0. The largest absolute Gasteiger partial charge is 0.450 e. The molecule has 0 atom stereocenters. The van der Waals surface area contributed by atoms with Crippen molar-refractivity contribution in [1.82, 2.24) is 39.2 Å². The van der Waals surface area contributed by atoms with Gasteiger partial charge in [0.1, 0.15) is 11.5 Å². The predicted molar refractivity (Wildman–Crippen MR) is 208 cm³/mol. The highest BCUT2D eigenvalue weighted by molar-refractivity contribution is 6.09. The van der Waals surface area contributed by atoms with E-state index in [-0.39, 0.29) is 42.4 Å². The van der Waals surface area contributed by atoms with Gasteiger partial charge in [-0.25, -0.2) is 14.8 Å². The van der Waals surface area contributed by atoms with Gasteiger partial charge in [-0.1, -0.05) is 18.2 Å². The number of imidazole rings is 1. The van der Waals surface area contributed by atoms with Gasteiger partial charge in [-0.3, -0.25) is 14.4 Å². The van der Waals surface area contributed by atoms with Crippen molar-refractivity contribution in [2.75, 3.05) is 32.8 Å². The number of nitrogens with one attached hydrogen (secondary N) is 2. The minimum atomic E-state index is -0.329. The third-order valence-electron chi connectivity index (χ3n) is 10.9. The summed E-state index contributed by atoms with van der Waals surface area (Å²) < 4.78 is 9.63. The Labute approximate surface area is 312 Å². The first-order chi connectivity index (χ1) is 26.3. The van der Waals surface area contributed by atoms with Gasteiger partial charge in [0.2, 0.25) is 11.8 Å². The van der Waals surface area contributed by atoms with Crippen LogP contribution >= 0.6 is 0 Å². The van der Waals surface area contributed by atoms with Crippen LogP contribution in [0.25, 0.3) is 55.3 Å². The number of piperidine rings is 1. The number of H-pyrrole nitrogens is 1. The molecule has 13 heteroatoms. The van der Waals surface area contributed by atoms with E-state index in [1.165, 1.54) is 16.4 Å². The molecule has 0 bridgehead atoms. The number of rotatable bonds is 11. The third kappa shape index (κ3) is 6.78. The van der Waals surface area contributed by atoms with Crippen molar-refractivity contribution in [2.24, 2.45) is 0 Å². The summed E-state index contributed by atoms with van der Waals surface area (Å²) in [5.41, 5.74) is 6.15. The number of carbonyl (C=O) groups is 3. The van der Waals surface area contributed by atoms with E-state index in [1.807, 2.05) is 17.0 Å². The van der Waals surface area contributed by atoms with Gasteiger partial charge in [0, 0.05) is 91.9 Å². The second-order valence-electron chi connectivity index (χ2n) is 14.3. The van der Waals surface area contributed by atoms with Gasteiger partial charge in [0.25, 0.3) is 5.56 Å². The predicted octanol–water partition coefficient (Wildman–Crippen LogP) is 5.75. The number of fused-ring (bicyclic) bond motifs is 5. The van der Waals surface area contributed by atoms with Crippen LogP contribution in [0.2, 0.25) is 0 Å². The van der Waals surface area contributed by atoms with Crippen molar-refractivity contribution < 1.29 is 19.1 Å². The summed E-state index contributed by atoms with van der Waals surface area (Å²) >= 11 is 0. The molecule has 8 rings (SSSR count). The Balaban J connectivity index is 1.08. The molecule has 54 heavy (non-hydrogen) atoms. The van der Waals surface area contributed by atoms with Crippen molar-refractivity contribution >= 4 is 61.8 Å². The Bertz CT molecular complexity index is 2460. The van der Waals surface area contributed by atoms with Gasteiger partial charge in [-0.15, -0.1) is 0 Å². The summed E-state index contributed by atoms with van der Waals surface area (Å²) in [4.78, 5) is 67.1. The van der Waals surface area contributed by atoms with Crippen LogP contribution in [0, 0.1) is 0 Å². The number of likely N-dealkylation sites (tertiary alicyclic amines) is 2. The first kappa shape index (κ1) is 35.3. The van der Waals surface area contributed by atoms with Crippen LogP contribution < -0.4 is 10.9 Å². The van der Waals surface area contributed by atoms with Crippen LogP contribution in [0.3, 0.4) is 0 Å². The maximum absolute atomic E-state index is 13.2. The maximum atomic E-state index is 13.2. The number of ether oxygens (including phenoxy) is 1. The van der Waals surface area contributed by atoms with E-state index in [1.54, 1.807) is 11.8 Å². The number of hydrogen-bond donors (Lipinski definition) is 2. The summed E-state index contributed by atoms with van der Waals surface area (Å²) in [6.45, 7) is 8.30. The number of amides is 3. The number of nitrogens with zero attached hydrogens (tertiary/aromatic N) is 6. The number of carbonyl (C=O) groups excluding carboxylic acids is 3.